The summed E-state index contributed by atoms with van der Waals surface area (Å²) in [6, 6.07) is 10.7. The molecule has 1 aliphatic rings. The molecule has 5 aromatic rings. The monoisotopic (exact) mass is 549 g/mol. The fraction of sp³-hybridized carbons (Fsp3) is 0.250. The maximum atomic E-state index is 14.3. The third-order valence-electron chi connectivity index (χ3n) is 7.56. The molecule has 0 atom stereocenters. The number of benzene rings is 1. The molecule has 0 bridgehead atoms. The minimum absolute atomic E-state index is 0.369. The largest absolute Gasteiger partial charge is 0.497 e. The minimum atomic E-state index is -0.369. The molecule has 4 aromatic heterocycles. The van der Waals surface area contributed by atoms with Crippen LogP contribution in [-0.2, 0) is 6.54 Å². The van der Waals surface area contributed by atoms with E-state index in [1.807, 2.05) is 36.7 Å². The van der Waals surface area contributed by atoms with Gasteiger partial charge in [-0.1, -0.05) is 13.0 Å². The number of halogens is 1. The van der Waals surface area contributed by atoms with Crippen molar-refractivity contribution in [3.8, 4) is 28.3 Å². The van der Waals surface area contributed by atoms with Crippen LogP contribution in [0, 0.1) is 5.82 Å². The fourth-order valence-corrected chi connectivity index (χ4v) is 5.49. The lowest BCUT2D eigenvalue weighted by Crippen LogP contribution is -2.29. The van der Waals surface area contributed by atoms with Crippen molar-refractivity contribution < 1.29 is 9.13 Å². The maximum Gasteiger partial charge on any atom is 0.138 e. The standard InChI is InChI=1S/C32H32FN7O/c1-20-27(15-29(34-2)23-11-21(17-35-18-23)19-40-9-5-4-6-10-40)31(39-38-20)30-16-28-26(7-8-36-32(28)37-30)22-12-24(33)14-25(13-22)41-3/h7-8,11-18,38H,1,4-6,9-10,19H2,2-3H3,(H,36,37)/b27-15+,34-29?. The van der Waals surface area contributed by atoms with E-state index in [2.05, 4.69) is 47.7 Å². The van der Waals surface area contributed by atoms with Gasteiger partial charge in [0.2, 0.25) is 0 Å². The Balaban J connectivity index is 1.38. The molecule has 0 saturated carbocycles. The predicted molar refractivity (Wildman–Crippen MR) is 161 cm³/mol. The summed E-state index contributed by atoms with van der Waals surface area (Å²) in [4.78, 5) is 19.5. The summed E-state index contributed by atoms with van der Waals surface area (Å²) >= 11 is 0. The number of hydrogen-bond acceptors (Lipinski definition) is 6. The Kier molecular flexibility index (Phi) is 7.43. The van der Waals surface area contributed by atoms with Gasteiger partial charge in [-0.15, -0.1) is 0 Å². The molecule has 1 fully saturated rings. The number of methoxy groups -OCH3 is 1. The van der Waals surface area contributed by atoms with Crippen LogP contribution < -0.4 is 15.3 Å². The first-order valence-electron chi connectivity index (χ1n) is 13.7. The van der Waals surface area contributed by atoms with Crippen molar-refractivity contribution in [1.82, 2.24) is 30.0 Å². The molecule has 0 unspecified atom stereocenters. The Hall–Kier alpha value is -4.63. The molecule has 0 amide bonds. The summed E-state index contributed by atoms with van der Waals surface area (Å²) < 4.78 is 19.6. The molecule has 1 aromatic carbocycles. The quantitative estimate of drug-likeness (QED) is 0.293. The summed E-state index contributed by atoms with van der Waals surface area (Å²) in [5.74, 6) is 0.0827. The second-order valence-electron chi connectivity index (χ2n) is 10.3. The Bertz CT molecular complexity index is 1850. The first kappa shape index (κ1) is 26.6. The van der Waals surface area contributed by atoms with Crippen LogP contribution in [0.5, 0.6) is 5.75 Å². The van der Waals surface area contributed by atoms with Gasteiger partial charge in [-0.2, -0.15) is 5.10 Å². The zero-order valence-electron chi connectivity index (χ0n) is 23.2. The van der Waals surface area contributed by atoms with Crippen molar-refractivity contribution >= 4 is 29.4 Å². The Morgan fingerprint density at radius 2 is 2.00 bits per heavy atom. The molecular formula is C32H32FN7O. The Labute approximate surface area is 237 Å². The highest BCUT2D eigenvalue weighted by Gasteiger charge is 2.15. The van der Waals surface area contributed by atoms with Gasteiger partial charge in [0.25, 0.3) is 0 Å². The second-order valence-corrected chi connectivity index (χ2v) is 10.3. The first-order valence-corrected chi connectivity index (χ1v) is 13.7. The van der Waals surface area contributed by atoms with E-state index >= 15 is 0 Å². The minimum Gasteiger partial charge on any atom is -0.497 e. The summed E-state index contributed by atoms with van der Waals surface area (Å²) in [6.07, 6.45) is 11.3. The number of aliphatic imine (C=N–C) groups is 1. The SMILES string of the molecule is C=c1[nH]nc(-c2cc3c(-c4cc(F)cc(OC)c4)ccnc3[nH]2)/c1=C/C(=NC)c1cncc(CN2CCCCC2)c1. The lowest BCUT2D eigenvalue weighted by molar-refractivity contribution is 0.220. The number of piperidine rings is 1. The van der Waals surface area contributed by atoms with E-state index in [0.717, 1.165) is 52.8 Å². The highest BCUT2D eigenvalue weighted by molar-refractivity contribution is 6.21. The van der Waals surface area contributed by atoms with Crippen LogP contribution >= 0.6 is 0 Å². The Morgan fingerprint density at radius 1 is 1.15 bits per heavy atom. The van der Waals surface area contributed by atoms with E-state index in [1.54, 1.807) is 13.2 Å². The number of ether oxygens (including phenoxy) is 1. The summed E-state index contributed by atoms with van der Waals surface area (Å²) in [5, 5.41) is 9.91. The molecule has 0 radical (unpaired) electrons. The van der Waals surface area contributed by atoms with Crippen LogP contribution in [0.2, 0.25) is 0 Å². The van der Waals surface area contributed by atoms with Crippen LogP contribution in [0.4, 0.5) is 4.39 Å². The van der Waals surface area contributed by atoms with Gasteiger partial charge in [0.15, 0.2) is 0 Å². The van der Waals surface area contributed by atoms with E-state index in [0.29, 0.717) is 28.0 Å². The van der Waals surface area contributed by atoms with Crippen LogP contribution in [0.25, 0.3) is 46.2 Å². The number of aromatic amines is 2. The van der Waals surface area contributed by atoms with Crippen molar-refractivity contribution in [2.24, 2.45) is 4.99 Å². The van der Waals surface area contributed by atoms with Gasteiger partial charge >= 0.3 is 0 Å². The molecular weight excluding hydrogens is 517 g/mol. The van der Waals surface area contributed by atoms with Crippen molar-refractivity contribution in [2.45, 2.75) is 25.8 Å². The van der Waals surface area contributed by atoms with Gasteiger partial charge in [-0.3, -0.25) is 20.0 Å². The van der Waals surface area contributed by atoms with Crippen LogP contribution in [0.3, 0.4) is 0 Å². The molecule has 0 spiro atoms. The molecule has 1 saturated heterocycles. The molecule has 208 valence electrons. The van der Waals surface area contributed by atoms with E-state index < -0.39 is 0 Å². The smallest absolute Gasteiger partial charge is 0.138 e. The zero-order valence-corrected chi connectivity index (χ0v) is 23.2. The number of nitrogens with one attached hydrogen (secondary N) is 2. The highest BCUT2D eigenvalue weighted by Crippen LogP contribution is 2.32. The van der Waals surface area contributed by atoms with Crippen LogP contribution in [-0.4, -0.2) is 63.0 Å². The lowest BCUT2D eigenvalue weighted by Gasteiger charge is -2.26. The summed E-state index contributed by atoms with van der Waals surface area (Å²) in [7, 11) is 3.30. The van der Waals surface area contributed by atoms with Crippen LogP contribution in [0.15, 0.2) is 60.0 Å². The summed E-state index contributed by atoms with van der Waals surface area (Å²) in [6.45, 7) is 7.32. The molecule has 6 rings (SSSR count). The van der Waals surface area contributed by atoms with Crippen molar-refractivity contribution in [2.75, 3.05) is 27.2 Å². The fourth-order valence-electron chi connectivity index (χ4n) is 5.49. The van der Waals surface area contributed by atoms with Gasteiger partial charge < -0.3 is 9.72 Å². The van der Waals surface area contributed by atoms with E-state index in [4.69, 9.17) is 4.74 Å². The maximum absolute atomic E-state index is 14.3. The van der Waals surface area contributed by atoms with Gasteiger partial charge in [-0.25, -0.2) is 9.37 Å². The normalized spacial score (nSPS) is 15.1. The third-order valence-corrected chi connectivity index (χ3v) is 7.56. The molecule has 9 heteroatoms. The predicted octanol–water partition coefficient (Wildman–Crippen LogP) is 4.46. The van der Waals surface area contributed by atoms with E-state index in [-0.39, 0.29) is 5.82 Å². The van der Waals surface area contributed by atoms with Gasteiger partial charge in [-0.05, 0) is 79.0 Å². The zero-order chi connectivity index (χ0) is 28.3. The lowest BCUT2D eigenvalue weighted by atomic mass is 10.0. The van der Waals surface area contributed by atoms with E-state index in [1.165, 1.54) is 44.1 Å². The number of aromatic nitrogens is 5. The molecule has 5 heterocycles. The van der Waals surface area contributed by atoms with Crippen molar-refractivity contribution in [1.29, 1.82) is 0 Å². The van der Waals surface area contributed by atoms with E-state index in [9.17, 15) is 4.39 Å². The van der Waals surface area contributed by atoms with Crippen LogP contribution in [0.1, 0.15) is 30.4 Å². The average Bonchev–Trinajstić information content (AvgIpc) is 3.59. The van der Waals surface area contributed by atoms with Gasteiger partial charge in [0.1, 0.15) is 22.9 Å². The average molecular weight is 550 g/mol. The number of likely N-dealkylation sites (tertiary alicyclic amines) is 1. The van der Waals surface area contributed by atoms with Crippen molar-refractivity contribution in [3.63, 3.8) is 0 Å². The third kappa shape index (κ3) is 5.53. The molecule has 2 N–H and O–H groups in total. The Morgan fingerprint density at radius 3 is 2.80 bits per heavy atom. The number of nitrogens with zero attached hydrogens (tertiary/aromatic N) is 5. The number of fused-ring (bicyclic) bond motifs is 1. The topological polar surface area (TPSA) is 95.1 Å². The van der Waals surface area contributed by atoms with Crippen molar-refractivity contribution in [3.05, 3.63) is 82.5 Å². The van der Waals surface area contributed by atoms with Gasteiger partial charge in [0, 0.05) is 54.4 Å². The molecule has 0 aliphatic carbocycles. The highest BCUT2D eigenvalue weighted by atomic mass is 19.1. The molecule has 8 nitrogen and oxygen atoms in total. The molecule has 41 heavy (non-hydrogen) atoms. The first-order chi connectivity index (χ1) is 20.0. The summed E-state index contributed by atoms with van der Waals surface area (Å²) in [5.41, 5.74) is 6.54. The molecule has 1 aliphatic heterocycles. The number of rotatable bonds is 7. The number of H-pyrrole nitrogens is 2. The second kappa shape index (κ2) is 11.5. The number of hydrogen-bond donors (Lipinski definition) is 2. The number of pyridine rings is 2. The van der Waals surface area contributed by atoms with Gasteiger partial charge in [0.05, 0.1) is 23.9 Å².